The minimum Gasteiger partial charge on any atom is -0.387 e. The largest absolute Gasteiger partial charge is 0.610 e. The fourth-order valence-corrected chi connectivity index (χ4v) is 2.84. The van der Waals surface area contributed by atoms with Crippen molar-refractivity contribution >= 4 is 8.18 Å². The van der Waals surface area contributed by atoms with E-state index in [0.717, 1.165) is 4.57 Å². The van der Waals surface area contributed by atoms with Crippen LogP contribution in [-0.2, 0) is 18.6 Å². The van der Waals surface area contributed by atoms with Crippen molar-refractivity contribution in [2.24, 2.45) is 5.50 Å². The first kappa shape index (κ1) is 20.9. The average molecular weight is 397 g/mol. The van der Waals surface area contributed by atoms with Gasteiger partial charge in [0.25, 0.3) is 5.56 Å². The van der Waals surface area contributed by atoms with Gasteiger partial charge in [0.15, 0.2) is 6.23 Å². The summed E-state index contributed by atoms with van der Waals surface area (Å²) in [5.41, 5.74) is 3.63. The van der Waals surface area contributed by atoms with Crippen LogP contribution in [0.15, 0.2) is 15.8 Å². The number of hydrogen-bond donors (Lipinski definition) is 3. The van der Waals surface area contributed by atoms with Gasteiger partial charge in [0, 0.05) is 6.20 Å². The van der Waals surface area contributed by atoms with Crippen molar-refractivity contribution in [3.05, 3.63) is 32.6 Å². The Morgan fingerprint density at radius 1 is 1.52 bits per heavy atom. The number of aromatic nitrogens is 2. The lowest BCUT2D eigenvalue weighted by atomic mass is 10.1. The number of rotatable bonds is 7. The molecule has 5 atom stereocenters. The number of hydrogen-bond acceptors (Lipinski definition) is 8. The molecule has 12 heteroatoms. The number of nitrogens with zero attached hydrogens (tertiary/aromatic N) is 2. The van der Waals surface area contributed by atoms with E-state index in [1.165, 1.54) is 13.1 Å². The summed E-state index contributed by atoms with van der Waals surface area (Å²) >= 11 is 0. The van der Waals surface area contributed by atoms with E-state index < -0.39 is 44.0 Å². The molecule has 0 aliphatic carbocycles. The summed E-state index contributed by atoms with van der Waals surface area (Å²) in [6.45, 7) is 1.21. The summed E-state index contributed by atoms with van der Waals surface area (Å²) < 4.78 is 27.9. The summed E-state index contributed by atoms with van der Waals surface area (Å²) in [6, 6.07) is 1.90. The number of aliphatic hydroxyl groups excluding tert-OH is 1. The zero-order chi connectivity index (χ0) is 20.0. The van der Waals surface area contributed by atoms with Crippen molar-refractivity contribution in [1.82, 2.24) is 9.55 Å². The molecule has 2 heterocycles. The van der Waals surface area contributed by atoms with Crippen LogP contribution in [0.25, 0.3) is 0 Å². The molecule has 2 rings (SSSR count). The van der Waals surface area contributed by atoms with Crippen LogP contribution in [0.1, 0.15) is 25.1 Å². The van der Waals surface area contributed by atoms with Crippen LogP contribution < -0.4 is 16.8 Å². The minimum atomic E-state index is -2.41. The predicted molar refractivity (Wildman–Crippen MR) is 91.5 cm³/mol. The van der Waals surface area contributed by atoms with Crippen molar-refractivity contribution in [3.8, 4) is 17.9 Å². The van der Waals surface area contributed by atoms with Crippen LogP contribution in [0.2, 0.25) is 0 Å². The topological polar surface area (TPSA) is 170 Å². The van der Waals surface area contributed by atoms with Crippen LogP contribution in [0.4, 0.5) is 0 Å². The maximum absolute atomic E-state index is 12.2. The lowest BCUT2D eigenvalue weighted by Crippen LogP contribution is -2.40. The first-order valence-electron chi connectivity index (χ1n) is 7.84. The Balaban J connectivity index is 2.38. The number of H-pyrrole nitrogens is 1. The Kier molecular flexibility index (Phi) is 7.39. The van der Waals surface area contributed by atoms with Gasteiger partial charge in [-0.05, 0) is 11.5 Å². The molecule has 144 valence electrons. The van der Waals surface area contributed by atoms with Crippen molar-refractivity contribution in [2.75, 3.05) is 13.2 Å². The molecule has 0 bridgehead atoms. The highest BCUT2D eigenvalue weighted by Gasteiger charge is 2.47. The van der Waals surface area contributed by atoms with E-state index in [4.69, 9.17) is 24.8 Å². The first-order chi connectivity index (χ1) is 12.9. The Hall–Kier alpha value is -2.37. The van der Waals surface area contributed by atoms with Gasteiger partial charge in [-0.2, -0.15) is 5.26 Å². The third-order valence-electron chi connectivity index (χ3n) is 3.70. The monoisotopic (exact) mass is 397 g/mol. The van der Waals surface area contributed by atoms with E-state index in [1.807, 2.05) is 6.07 Å². The molecule has 0 spiro atoms. The molecule has 1 aromatic heterocycles. The molecule has 1 fully saturated rings. The van der Waals surface area contributed by atoms with E-state index in [9.17, 15) is 19.3 Å². The van der Waals surface area contributed by atoms with Gasteiger partial charge in [0.2, 0.25) is 0 Å². The van der Waals surface area contributed by atoms with Crippen LogP contribution in [-0.4, -0.2) is 46.2 Å². The van der Waals surface area contributed by atoms with Gasteiger partial charge in [-0.15, -0.1) is 10.4 Å². The van der Waals surface area contributed by atoms with Gasteiger partial charge in [-0.3, -0.25) is 14.3 Å². The zero-order valence-corrected chi connectivity index (χ0v) is 15.2. The van der Waals surface area contributed by atoms with Gasteiger partial charge >= 0.3 is 13.9 Å². The van der Waals surface area contributed by atoms with Crippen molar-refractivity contribution in [1.29, 1.82) is 5.26 Å². The molecule has 0 saturated carbocycles. The van der Waals surface area contributed by atoms with Gasteiger partial charge in [-0.1, -0.05) is 11.4 Å². The number of ether oxygens (including phenoxy) is 2. The van der Waals surface area contributed by atoms with Crippen molar-refractivity contribution in [2.45, 2.75) is 37.9 Å². The van der Waals surface area contributed by atoms with Crippen molar-refractivity contribution in [3.63, 3.8) is 0 Å². The summed E-state index contributed by atoms with van der Waals surface area (Å²) in [5, 5.41) is 19.1. The fraction of sp³-hybridized carbons (Fsp3) is 0.533. The molecule has 0 amide bonds. The Morgan fingerprint density at radius 3 is 2.89 bits per heavy atom. The molecule has 1 aliphatic rings. The van der Waals surface area contributed by atoms with Crippen LogP contribution >= 0.6 is 8.18 Å². The molecule has 1 unspecified atom stereocenters. The second-order valence-corrected chi connectivity index (χ2v) is 6.29. The maximum atomic E-state index is 12.2. The highest BCUT2D eigenvalue weighted by molar-refractivity contribution is 7.36. The Morgan fingerprint density at radius 2 is 2.26 bits per heavy atom. The van der Waals surface area contributed by atoms with Gasteiger partial charge in [0.05, 0.1) is 19.1 Å². The number of aromatic amines is 1. The second kappa shape index (κ2) is 9.53. The molecule has 1 aliphatic heterocycles. The lowest BCUT2D eigenvalue weighted by molar-refractivity contribution is -0.0720. The van der Waals surface area contributed by atoms with E-state index in [-0.39, 0.29) is 25.2 Å². The number of nitriles is 1. The molecule has 1 saturated heterocycles. The van der Waals surface area contributed by atoms with Gasteiger partial charge in [0.1, 0.15) is 30.5 Å². The van der Waals surface area contributed by atoms with E-state index in [0.29, 0.717) is 0 Å². The van der Waals surface area contributed by atoms with Crippen LogP contribution in [0.5, 0.6) is 0 Å². The average Bonchev–Trinajstić information content (AvgIpc) is 2.92. The normalized spacial score (nSPS) is 24.7. The highest BCUT2D eigenvalue weighted by atomic mass is 31.1. The van der Waals surface area contributed by atoms with Gasteiger partial charge in [-0.25, -0.2) is 4.79 Å². The summed E-state index contributed by atoms with van der Waals surface area (Å²) in [6.07, 6.45) is -3.19. The molecule has 0 radical (unpaired) electrons. The standard InChI is InChI=1S/C15H17N4O7P/c1-2-4-9-7-19(15(22)18-13(9)21)14-12(24-6-3-5-16)11(20)10(26-14)8-25-27(17)23/h7,10-12,14,20H,3,6,8H2,1H3,(H2-,17,18,21,22,23)/p+1/t10-,11-,12-,14-/m1/s1. The molecule has 1 aromatic rings. The molecule has 11 nitrogen and oxygen atoms in total. The minimum absolute atomic E-state index is 0.0173. The fourth-order valence-electron chi connectivity index (χ4n) is 2.55. The summed E-state index contributed by atoms with van der Waals surface area (Å²) in [5.74, 6) is 5.12. The second-order valence-electron chi connectivity index (χ2n) is 5.46. The smallest absolute Gasteiger partial charge is 0.387 e. The molecule has 27 heavy (non-hydrogen) atoms. The number of nitrogens with one attached hydrogen (secondary N) is 1. The molecule has 4 N–H and O–H groups in total. The van der Waals surface area contributed by atoms with Crippen LogP contribution in [0, 0.1) is 23.2 Å². The molecular formula is C15H18N4O7P+. The van der Waals surface area contributed by atoms with Crippen molar-refractivity contribution < 1.29 is 23.7 Å². The van der Waals surface area contributed by atoms with Gasteiger partial charge < -0.3 is 14.6 Å². The lowest BCUT2D eigenvalue weighted by Gasteiger charge is -2.22. The quantitative estimate of drug-likeness (QED) is 0.300. The van der Waals surface area contributed by atoms with E-state index in [2.05, 4.69) is 16.8 Å². The Labute approximate surface area is 154 Å². The maximum Gasteiger partial charge on any atom is 0.610 e. The molecule has 0 aromatic carbocycles. The third kappa shape index (κ3) is 5.08. The van der Waals surface area contributed by atoms with E-state index in [1.54, 1.807) is 0 Å². The Bertz CT molecular complexity index is 910. The third-order valence-corrected chi connectivity index (χ3v) is 4.11. The summed E-state index contributed by atoms with van der Waals surface area (Å²) in [4.78, 5) is 26.1. The SMILES string of the molecule is CC#Cc1cn([C@@H]2O[C@H](CO[P+](N)=O)[C@@H](O)[C@H]2OCCC#N)c(=O)[nH]c1=O. The van der Waals surface area contributed by atoms with E-state index >= 15 is 0 Å². The number of nitrogens with two attached hydrogens (primary N) is 1. The predicted octanol–water partition coefficient (Wildman–Crippen LogP) is -0.902. The number of aliphatic hydroxyl groups is 1. The van der Waals surface area contributed by atoms with Crippen LogP contribution in [0.3, 0.4) is 0 Å². The molecular weight excluding hydrogens is 379 g/mol. The first-order valence-corrected chi connectivity index (χ1v) is 9.09. The zero-order valence-electron chi connectivity index (χ0n) is 14.3. The highest BCUT2D eigenvalue weighted by Crippen LogP contribution is 2.32. The summed E-state index contributed by atoms with van der Waals surface area (Å²) in [7, 11) is -2.41.